The van der Waals surface area contributed by atoms with Crippen LogP contribution in [0.5, 0.6) is 0 Å². The van der Waals surface area contributed by atoms with E-state index in [0.29, 0.717) is 18.5 Å². The van der Waals surface area contributed by atoms with E-state index >= 15 is 0 Å². The molecule has 4 rings (SSSR count). The molecule has 1 saturated heterocycles. The second-order valence-corrected chi connectivity index (χ2v) is 9.40. The molecule has 0 unspecified atom stereocenters. The third-order valence-electron chi connectivity index (χ3n) is 6.03. The number of piperazine rings is 1. The highest BCUT2D eigenvalue weighted by Crippen LogP contribution is 2.31. The molecule has 0 saturated carbocycles. The number of benzene rings is 1. The molecule has 0 atom stereocenters. The van der Waals surface area contributed by atoms with Crippen LogP contribution >= 0.6 is 11.3 Å². The highest BCUT2D eigenvalue weighted by atomic mass is 32.1. The average molecular weight is 466 g/mol. The number of carbonyl (C=O) groups is 2. The number of aryl methyl sites for hydroxylation is 1. The summed E-state index contributed by atoms with van der Waals surface area (Å²) in [5, 5.41) is 4.06. The van der Waals surface area contributed by atoms with Crippen molar-refractivity contribution in [2.75, 3.05) is 37.6 Å². The number of carbonyl (C=O) groups excluding carboxylic acids is 2. The zero-order chi connectivity index (χ0) is 23.0. The Hall–Kier alpha value is -3.00. The molecule has 2 aromatic heterocycles. The van der Waals surface area contributed by atoms with Gasteiger partial charge in [-0.15, -0.1) is 11.3 Å². The molecule has 33 heavy (non-hydrogen) atoms. The van der Waals surface area contributed by atoms with Crippen LogP contribution in [0.15, 0.2) is 42.7 Å². The first-order valence-corrected chi connectivity index (χ1v) is 12.6. The normalized spacial score (nSPS) is 14.0. The van der Waals surface area contributed by atoms with Crippen molar-refractivity contribution in [3.8, 4) is 0 Å². The van der Waals surface area contributed by atoms with Gasteiger partial charge in [0.2, 0.25) is 5.91 Å². The smallest absolute Gasteiger partial charge is 0.251 e. The van der Waals surface area contributed by atoms with Crippen LogP contribution < -0.4 is 10.2 Å². The van der Waals surface area contributed by atoms with Crippen molar-refractivity contribution in [2.45, 2.75) is 39.0 Å². The highest BCUT2D eigenvalue weighted by molar-refractivity contribution is 7.18. The van der Waals surface area contributed by atoms with Gasteiger partial charge in [0, 0.05) is 49.6 Å². The van der Waals surface area contributed by atoms with Gasteiger partial charge in [-0.25, -0.2) is 9.97 Å². The summed E-state index contributed by atoms with van der Waals surface area (Å²) in [5.41, 5.74) is 0.680. The molecular formula is C25H31N5O2S. The maximum atomic E-state index is 12.6. The lowest BCUT2D eigenvalue weighted by molar-refractivity contribution is -0.131. The Morgan fingerprint density at radius 3 is 2.58 bits per heavy atom. The van der Waals surface area contributed by atoms with Gasteiger partial charge in [0.15, 0.2) is 0 Å². The molecule has 0 radical (unpaired) electrons. The fourth-order valence-corrected chi connectivity index (χ4v) is 5.05. The summed E-state index contributed by atoms with van der Waals surface area (Å²) in [7, 11) is 0. The molecule has 2 amide bonds. The van der Waals surface area contributed by atoms with Gasteiger partial charge in [-0.2, -0.15) is 0 Å². The first-order chi connectivity index (χ1) is 16.2. The summed E-state index contributed by atoms with van der Waals surface area (Å²) in [6.07, 6.45) is 5.87. The molecule has 8 heteroatoms. The summed E-state index contributed by atoms with van der Waals surface area (Å²) >= 11 is 1.73. The summed E-state index contributed by atoms with van der Waals surface area (Å²) in [5.74, 6) is 1.17. The summed E-state index contributed by atoms with van der Waals surface area (Å²) in [6.45, 7) is 5.82. The number of unbranched alkanes of at least 4 members (excludes halogenated alkanes) is 2. The van der Waals surface area contributed by atoms with Crippen molar-refractivity contribution in [3.05, 3.63) is 53.2 Å². The van der Waals surface area contributed by atoms with E-state index in [4.69, 9.17) is 0 Å². The van der Waals surface area contributed by atoms with Crippen molar-refractivity contribution in [1.82, 2.24) is 20.2 Å². The van der Waals surface area contributed by atoms with Gasteiger partial charge in [-0.1, -0.05) is 31.5 Å². The molecule has 0 aliphatic carbocycles. The second kappa shape index (κ2) is 11.2. The Morgan fingerprint density at radius 1 is 1.03 bits per heavy atom. The molecule has 1 aliphatic heterocycles. The van der Waals surface area contributed by atoms with Crippen molar-refractivity contribution in [3.63, 3.8) is 0 Å². The minimum atomic E-state index is -0.0427. The van der Waals surface area contributed by atoms with Crippen LogP contribution in [0.3, 0.4) is 0 Å². The number of hydrogen-bond donors (Lipinski definition) is 1. The van der Waals surface area contributed by atoms with Crippen molar-refractivity contribution in [1.29, 1.82) is 0 Å². The number of amides is 2. The van der Waals surface area contributed by atoms with Crippen LogP contribution in [0.4, 0.5) is 5.82 Å². The Morgan fingerprint density at radius 2 is 1.82 bits per heavy atom. The number of aromatic nitrogens is 2. The van der Waals surface area contributed by atoms with E-state index in [-0.39, 0.29) is 11.8 Å². The lowest BCUT2D eigenvalue weighted by atomic mass is 10.1. The van der Waals surface area contributed by atoms with E-state index in [1.165, 1.54) is 4.88 Å². The topological polar surface area (TPSA) is 78.4 Å². The maximum absolute atomic E-state index is 12.6. The standard InChI is InChI=1S/C25H31N5O2S/c1-2-20-17-21-23(27-18-28-25(21)33-20)30-15-13-29(14-16-30)22(31)11-7-4-8-12-26-24(32)19-9-5-3-6-10-19/h3,5-6,9-10,17-18H,2,4,7-8,11-16H2,1H3,(H,26,32). The number of hydrogen-bond acceptors (Lipinski definition) is 6. The maximum Gasteiger partial charge on any atom is 0.251 e. The molecule has 1 fully saturated rings. The van der Waals surface area contributed by atoms with E-state index in [1.807, 2.05) is 35.2 Å². The molecule has 1 aromatic carbocycles. The molecule has 1 N–H and O–H groups in total. The Bertz CT molecular complexity index is 1080. The molecule has 0 bridgehead atoms. The highest BCUT2D eigenvalue weighted by Gasteiger charge is 2.23. The van der Waals surface area contributed by atoms with Gasteiger partial charge in [-0.05, 0) is 37.5 Å². The van der Waals surface area contributed by atoms with E-state index < -0.39 is 0 Å². The minimum absolute atomic E-state index is 0.0427. The van der Waals surface area contributed by atoms with Gasteiger partial charge >= 0.3 is 0 Å². The molecule has 7 nitrogen and oxygen atoms in total. The number of fused-ring (bicyclic) bond motifs is 1. The average Bonchev–Trinajstić information content (AvgIpc) is 3.30. The van der Waals surface area contributed by atoms with Crippen molar-refractivity contribution < 1.29 is 9.59 Å². The fourth-order valence-electron chi connectivity index (χ4n) is 4.12. The van der Waals surface area contributed by atoms with E-state index in [1.54, 1.807) is 17.7 Å². The quantitative estimate of drug-likeness (QED) is 0.485. The molecule has 3 heterocycles. The number of nitrogens with zero attached hydrogens (tertiary/aromatic N) is 4. The molecule has 0 spiro atoms. The number of rotatable bonds is 9. The Labute approximate surface area is 198 Å². The minimum Gasteiger partial charge on any atom is -0.352 e. The monoisotopic (exact) mass is 465 g/mol. The molecule has 3 aromatic rings. The fraction of sp³-hybridized carbons (Fsp3) is 0.440. The predicted molar refractivity (Wildman–Crippen MR) is 133 cm³/mol. The van der Waals surface area contributed by atoms with Crippen molar-refractivity contribution >= 4 is 39.2 Å². The number of thiophene rings is 1. The van der Waals surface area contributed by atoms with Crippen LogP contribution in [-0.2, 0) is 11.2 Å². The zero-order valence-corrected chi connectivity index (χ0v) is 19.9. The largest absolute Gasteiger partial charge is 0.352 e. The Balaban J connectivity index is 1.16. The van der Waals surface area contributed by atoms with Gasteiger partial charge in [0.1, 0.15) is 17.0 Å². The molecular weight excluding hydrogens is 434 g/mol. The second-order valence-electron chi connectivity index (χ2n) is 8.28. The van der Waals surface area contributed by atoms with Crippen LogP contribution in [-0.4, -0.2) is 59.4 Å². The van der Waals surface area contributed by atoms with Gasteiger partial charge < -0.3 is 15.1 Å². The summed E-state index contributed by atoms with van der Waals surface area (Å²) in [6, 6.07) is 11.4. The zero-order valence-electron chi connectivity index (χ0n) is 19.1. The lowest BCUT2D eigenvalue weighted by Crippen LogP contribution is -2.49. The van der Waals surface area contributed by atoms with Gasteiger partial charge in [-0.3, -0.25) is 9.59 Å². The van der Waals surface area contributed by atoms with Crippen LogP contribution in [0.1, 0.15) is 47.8 Å². The lowest BCUT2D eigenvalue weighted by Gasteiger charge is -2.35. The Kier molecular flexibility index (Phi) is 7.88. The van der Waals surface area contributed by atoms with E-state index in [2.05, 4.69) is 33.2 Å². The van der Waals surface area contributed by atoms with Crippen LogP contribution in [0.25, 0.3) is 10.2 Å². The first kappa shape index (κ1) is 23.2. The molecule has 174 valence electrons. The molecule has 1 aliphatic rings. The third kappa shape index (κ3) is 5.87. The summed E-state index contributed by atoms with van der Waals surface area (Å²) in [4.78, 5) is 40.2. The number of nitrogens with one attached hydrogen (secondary N) is 1. The van der Waals surface area contributed by atoms with Crippen LogP contribution in [0.2, 0.25) is 0 Å². The van der Waals surface area contributed by atoms with Crippen molar-refractivity contribution in [2.24, 2.45) is 0 Å². The number of anilines is 1. The third-order valence-corrected chi connectivity index (χ3v) is 7.22. The van der Waals surface area contributed by atoms with Crippen LogP contribution in [0, 0.1) is 0 Å². The summed E-state index contributed by atoms with van der Waals surface area (Å²) < 4.78 is 0. The predicted octanol–water partition coefficient (Wildman–Crippen LogP) is 3.89. The SMILES string of the molecule is CCc1cc2c(N3CCN(C(=O)CCCCCNC(=O)c4ccccc4)CC3)ncnc2s1. The first-order valence-electron chi connectivity index (χ1n) is 11.7. The van der Waals surface area contributed by atoms with E-state index in [9.17, 15) is 9.59 Å². The van der Waals surface area contributed by atoms with Gasteiger partial charge in [0.25, 0.3) is 5.91 Å². The van der Waals surface area contributed by atoms with E-state index in [0.717, 1.165) is 67.9 Å². The van der Waals surface area contributed by atoms with Gasteiger partial charge in [0.05, 0.1) is 5.39 Å².